The molecule has 0 spiro atoms. The molecule has 2 atom stereocenters. The molecule has 0 N–H and O–H groups in total. The standard InChI is InChI=1S/C17H23FN2O/c1-19-15-6-7-16(19)12-20(10-8-15)11-9-17(21)13-2-4-14(18)5-3-13/h2-5,15-16H,6-12H2,1H3. The summed E-state index contributed by atoms with van der Waals surface area (Å²) < 4.78 is 12.9. The van der Waals surface area contributed by atoms with Crippen molar-refractivity contribution in [2.75, 3.05) is 26.7 Å². The maximum Gasteiger partial charge on any atom is 0.164 e. The van der Waals surface area contributed by atoms with E-state index in [9.17, 15) is 9.18 Å². The molecule has 0 radical (unpaired) electrons. The van der Waals surface area contributed by atoms with Gasteiger partial charge in [0.15, 0.2) is 5.78 Å². The number of rotatable bonds is 4. The Morgan fingerprint density at radius 1 is 1.19 bits per heavy atom. The van der Waals surface area contributed by atoms with E-state index in [0.29, 0.717) is 18.0 Å². The van der Waals surface area contributed by atoms with Gasteiger partial charge in [-0.1, -0.05) is 0 Å². The summed E-state index contributed by atoms with van der Waals surface area (Å²) in [6, 6.07) is 7.25. The van der Waals surface area contributed by atoms with Gasteiger partial charge in [0.1, 0.15) is 5.82 Å². The molecule has 4 heteroatoms. The summed E-state index contributed by atoms with van der Waals surface area (Å²) in [5.41, 5.74) is 0.616. The zero-order chi connectivity index (χ0) is 14.8. The summed E-state index contributed by atoms with van der Waals surface area (Å²) in [5, 5.41) is 0. The van der Waals surface area contributed by atoms with Crippen LogP contribution in [0, 0.1) is 5.82 Å². The lowest BCUT2D eigenvalue weighted by Gasteiger charge is -2.25. The van der Waals surface area contributed by atoms with Crippen molar-refractivity contribution in [1.29, 1.82) is 0 Å². The molecule has 2 unspecified atom stereocenters. The Labute approximate surface area is 125 Å². The number of hydrogen-bond donors (Lipinski definition) is 0. The van der Waals surface area contributed by atoms with Gasteiger partial charge in [-0.25, -0.2) is 4.39 Å². The molecule has 2 saturated heterocycles. The summed E-state index contributed by atoms with van der Waals surface area (Å²) in [5.74, 6) is -0.184. The van der Waals surface area contributed by atoms with Crippen molar-refractivity contribution in [3.63, 3.8) is 0 Å². The van der Waals surface area contributed by atoms with Crippen molar-refractivity contribution in [3.05, 3.63) is 35.6 Å². The van der Waals surface area contributed by atoms with Gasteiger partial charge < -0.3 is 4.90 Å². The van der Waals surface area contributed by atoms with E-state index in [1.54, 1.807) is 12.1 Å². The molecule has 2 fully saturated rings. The van der Waals surface area contributed by atoms with Crippen LogP contribution in [0.25, 0.3) is 0 Å². The lowest BCUT2D eigenvalue weighted by atomic mass is 10.1. The second kappa shape index (κ2) is 6.24. The number of Topliss-reactive ketones (excluding diaryl/α,β-unsaturated/α-hetero) is 1. The van der Waals surface area contributed by atoms with E-state index in [2.05, 4.69) is 16.8 Å². The minimum absolute atomic E-state index is 0.109. The minimum atomic E-state index is -0.293. The van der Waals surface area contributed by atoms with Gasteiger partial charge in [0.05, 0.1) is 0 Å². The van der Waals surface area contributed by atoms with Crippen LogP contribution in [0.15, 0.2) is 24.3 Å². The average molecular weight is 290 g/mol. The topological polar surface area (TPSA) is 23.6 Å². The van der Waals surface area contributed by atoms with Crippen LogP contribution in [0.2, 0.25) is 0 Å². The molecule has 3 nitrogen and oxygen atoms in total. The number of ketones is 1. The van der Waals surface area contributed by atoms with Crippen LogP contribution in [-0.4, -0.2) is 54.3 Å². The van der Waals surface area contributed by atoms with E-state index in [1.807, 2.05) is 0 Å². The Hall–Kier alpha value is -1.26. The molecule has 2 aliphatic heterocycles. The molecule has 1 aromatic rings. The second-order valence-corrected chi connectivity index (χ2v) is 6.32. The lowest BCUT2D eigenvalue weighted by Crippen LogP contribution is -2.37. The van der Waals surface area contributed by atoms with Crippen molar-refractivity contribution in [2.24, 2.45) is 0 Å². The molecule has 2 bridgehead atoms. The highest BCUT2D eigenvalue weighted by molar-refractivity contribution is 5.96. The number of likely N-dealkylation sites (tertiary alicyclic amines) is 1. The Kier molecular flexibility index (Phi) is 4.36. The summed E-state index contributed by atoms with van der Waals surface area (Å²) in [6.45, 7) is 2.97. The van der Waals surface area contributed by atoms with E-state index in [1.165, 1.54) is 31.4 Å². The van der Waals surface area contributed by atoms with Crippen molar-refractivity contribution >= 4 is 5.78 Å². The van der Waals surface area contributed by atoms with Gasteiger partial charge in [-0.05, 0) is 57.1 Å². The molecule has 21 heavy (non-hydrogen) atoms. The zero-order valence-electron chi connectivity index (χ0n) is 12.6. The van der Waals surface area contributed by atoms with Crippen molar-refractivity contribution in [1.82, 2.24) is 9.80 Å². The Morgan fingerprint density at radius 2 is 1.90 bits per heavy atom. The highest BCUT2D eigenvalue weighted by Gasteiger charge is 2.34. The molecule has 2 aliphatic rings. The Balaban J connectivity index is 1.53. The molecule has 0 saturated carbocycles. The molecule has 0 aromatic heterocycles. The Morgan fingerprint density at radius 3 is 2.67 bits per heavy atom. The summed E-state index contributed by atoms with van der Waals surface area (Å²) in [4.78, 5) is 17.1. The highest BCUT2D eigenvalue weighted by Crippen LogP contribution is 2.28. The van der Waals surface area contributed by atoms with Crippen molar-refractivity contribution < 1.29 is 9.18 Å². The maximum atomic E-state index is 12.9. The summed E-state index contributed by atoms with van der Waals surface area (Å²) in [6.07, 6.45) is 4.33. The number of carbonyl (C=O) groups excluding carboxylic acids is 1. The molecule has 0 aliphatic carbocycles. The molecule has 0 amide bonds. The van der Waals surface area contributed by atoms with E-state index in [4.69, 9.17) is 0 Å². The van der Waals surface area contributed by atoms with E-state index in [0.717, 1.165) is 25.7 Å². The Bertz CT molecular complexity index is 502. The van der Waals surface area contributed by atoms with Crippen molar-refractivity contribution in [3.8, 4) is 0 Å². The molecular formula is C17H23FN2O. The maximum absolute atomic E-state index is 12.9. The van der Waals surface area contributed by atoms with Gasteiger partial charge in [0.25, 0.3) is 0 Å². The number of carbonyl (C=O) groups is 1. The predicted octanol–water partition coefficient (Wildman–Crippen LogP) is 2.57. The van der Waals surface area contributed by atoms with Gasteiger partial charge >= 0.3 is 0 Å². The molecule has 114 valence electrons. The SMILES string of the molecule is CN1C2CCC1CN(CCC(=O)c1ccc(F)cc1)CC2. The van der Waals surface area contributed by atoms with Crippen LogP contribution >= 0.6 is 0 Å². The van der Waals surface area contributed by atoms with Crippen LogP contribution in [0.3, 0.4) is 0 Å². The largest absolute Gasteiger partial charge is 0.301 e. The van der Waals surface area contributed by atoms with Gasteiger partial charge in [0, 0.05) is 37.2 Å². The summed E-state index contributed by atoms with van der Waals surface area (Å²) in [7, 11) is 2.23. The first-order valence-electron chi connectivity index (χ1n) is 7.86. The first-order valence-corrected chi connectivity index (χ1v) is 7.86. The van der Waals surface area contributed by atoms with E-state index < -0.39 is 0 Å². The van der Waals surface area contributed by atoms with Crippen molar-refractivity contribution in [2.45, 2.75) is 37.8 Å². The number of fused-ring (bicyclic) bond motifs is 2. The number of likely N-dealkylation sites (N-methyl/N-ethyl adjacent to an activating group) is 1. The minimum Gasteiger partial charge on any atom is -0.301 e. The highest BCUT2D eigenvalue weighted by atomic mass is 19.1. The van der Waals surface area contributed by atoms with E-state index >= 15 is 0 Å². The van der Waals surface area contributed by atoms with Crippen LogP contribution in [0.5, 0.6) is 0 Å². The first-order chi connectivity index (χ1) is 10.1. The number of halogens is 1. The van der Waals surface area contributed by atoms with Crippen LogP contribution in [0.4, 0.5) is 4.39 Å². The monoisotopic (exact) mass is 290 g/mol. The number of nitrogens with zero attached hydrogens (tertiary/aromatic N) is 2. The quantitative estimate of drug-likeness (QED) is 0.796. The average Bonchev–Trinajstić information content (AvgIpc) is 2.72. The fraction of sp³-hybridized carbons (Fsp3) is 0.588. The van der Waals surface area contributed by atoms with Crippen LogP contribution in [0.1, 0.15) is 36.0 Å². The third-order valence-electron chi connectivity index (χ3n) is 5.05. The third-order valence-corrected chi connectivity index (χ3v) is 5.05. The normalized spacial score (nSPS) is 26.8. The van der Waals surface area contributed by atoms with Gasteiger partial charge in [-0.3, -0.25) is 9.69 Å². The molecule has 1 aromatic carbocycles. The number of hydrogen-bond acceptors (Lipinski definition) is 3. The fourth-order valence-corrected chi connectivity index (χ4v) is 3.62. The second-order valence-electron chi connectivity index (χ2n) is 6.32. The van der Waals surface area contributed by atoms with Crippen LogP contribution in [-0.2, 0) is 0 Å². The molecular weight excluding hydrogens is 267 g/mol. The van der Waals surface area contributed by atoms with Crippen LogP contribution < -0.4 is 0 Å². The van der Waals surface area contributed by atoms with Gasteiger partial charge in [-0.15, -0.1) is 0 Å². The summed E-state index contributed by atoms with van der Waals surface area (Å²) >= 11 is 0. The molecule has 3 rings (SSSR count). The van der Waals surface area contributed by atoms with E-state index in [-0.39, 0.29) is 11.6 Å². The molecule has 2 heterocycles. The number of benzene rings is 1. The first kappa shape index (κ1) is 14.7. The predicted molar refractivity (Wildman–Crippen MR) is 81.0 cm³/mol. The van der Waals surface area contributed by atoms with Gasteiger partial charge in [0.2, 0.25) is 0 Å². The third kappa shape index (κ3) is 3.33. The zero-order valence-corrected chi connectivity index (χ0v) is 12.6. The smallest absolute Gasteiger partial charge is 0.164 e. The van der Waals surface area contributed by atoms with Gasteiger partial charge in [-0.2, -0.15) is 0 Å². The lowest BCUT2D eigenvalue weighted by molar-refractivity contribution is 0.0961. The fourth-order valence-electron chi connectivity index (χ4n) is 3.62.